The third-order valence-corrected chi connectivity index (χ3v) is 6.80. The Balaban J connectivity index is 0.00000300. The van der Waals surface area contributed by atoms with Gasteiger partial charge in [-0.1, -0.05) is 18.6 Å². The Morgan fingerprint density at radius 1 is 1.21 bits per heavy atom. The summed E-state index contributed by atoms with van der Waals surface area (Å²) >= 11 is 0. The minimum atomic E-state index is -3.27. The van der Waals surface area contributed by atoms with Crippen LogP contribution in [-0.4, -0.2) is 71.3 Å². The molecule has 0 amide bonds. The van der Waals surface area contributed by atoms with Crippen molar-refractivity contribution in [2.75, 3.05) is 57.0 Å². The number of hydrogen-bond donors (Lipinski definition) is 2. The van der Waals surface area contributed by atoms with Gasteiger partial charge in [0.1, 0.15) is 5.82 Å². The number of guanidine groups is 1. The summed E-state index contributed by atoms with van der Waals surface area (Å²) in [6.07, 6.45) is 3.44. The Morgan fingerprint density at radius 3 is 2.48 bits per heavy atom. The molecule has 2 aliphatic rings. The fourth-order valence-corrected chi connectivity index (χ4v) is 4.52. The van der Waals surface area contributed by atoms with E-state index >= 15 is 0 Å². The number of nitrogens with one attached hydrogen (secondary N) is 2. The van der Waals surface area contributed by atoms with E-state index in [1.807, 2.05) is 11.0 Å². The third-order valence-electron chi connectivity index (χ3n) is 5.45. The highest BCUT2D eigenvalue weighted by Gasteiger charge is 2.22. The van der Waals surface area contributed by atoms with Crippen molar-refractivity contribution >= 4 is 45.6 Å². The average Bonchev–Trinajstić information content (AvgIpc) is 2.65. The van der Waals surface area contributed by atoms with Gasteiger partial charge in [0, 0.05) is 46.3 Å². The molecule has 1 aliphatic carbocycles. The second-order valence-corrected chi connectivity index (χ2v) is 9.29. The Morgan fingerprint density at radius 2 is 1.90 bits per heavy atom. The summed E-state index contributed by atoms with van der Waals surface area (Å²) in [5.41, 5.74) is 0.619. The molecule has 29 heavy (non-hydrogen) atoms. The van der Waals surface area contributed by atoms with Crippen LogP contribution in [0.15, 0.2) is 29.3 Å². The molecule has 2 fully saturated rings. The molecule has 0 atom stereocenters. The second-order valence-electron chi connectivity index (χ2n) is 7.36. The van der Waals surface area contributed by atoms with E-state index in [4.69, 9.17) is 0 Å². The van der Waals surface area contributed by atoms with Gasteiger partial charge >= 0.3 is 0 Å². The molecule has 1 heterocycles. The first-order chi connectivity index (χ1) is 13.5. The van der Waals surface area contributed by atoms with E-state index in [-0.39, 0.29) is 35.5 Å². The number of para-hydroxylation sites is 1. The summed E-state index contributed by atoms with van der Waals surface area (Å²) in [5, 5.41) is 3.14. The SMILES string of the molecule is CN=C(NCCS(=O)(=O)NCC1CCC1)N1CCN(c2ccccc2F)CC1.I. The lowest BCUT2D eigenvalue weighted by molar-refractivity contribution is 0.316. The number of hydrogen-bond acceptors (Lipinski definition) is 4. The van der Waals surface area contributed by atoms with Crippen LogP contribution in [0.3, 0.4) is 0 Å². The van der Waals surface area contributed by atoms with Gasteiger partial charge in [0.2, 0.25) is 10.0 Å². The number of sulfonamides is 1. The molecule has 2 N–H and O–H groups in total. The van der Waals surface area contributed by atoms with Gasteiger partial charge in [-0.05, 0) is 30.9 Å². The summed E-state index contributed by atoms with van der Waals surface area (Å²) in [6, 6.07) is 6.79. The lowest BCUT2D eigenvalue weighted by atomic mass is 9.86. The molecule has 1 saturated heterocycles. The normalized spacial score (nSPS) is 18.2. The Bertz CT molecular complexity index is 781. The quantitative estimate of drug-likeness (QED) is 0.315. The first-order valence-corrected chi connectivity index (χ1v) is 11.6. The highest BCUT2D eigenvalue weighted by Crippen LogP contribution is 2.25. The monoisotopic (exact) mass is 539 g/mol. The minimum absolute atomic E-state index is 0. The number of anilines is 1. The fourth-order valence-electron chi connectivity index (χ4n) is 3.51. The number of halogens is 2. The molecule has 10 heteroatoms. The van der Waals surface area contributed by atoms with Gasteiger partial charge in [0.05, 0.1) is 11.4 Å². The van der Waals surface area contributed by atoms with Crippen molar-refractivity contribution in [3.63, 3.8) is 0 Å². The second kappa shape index (κ2) is 11.3. The smallest absolute Gasteiger partial charge is 0.213 e. The van der Waals surface area contributed by atoms with Crippen LogP contribution in [-0.2, 0) is 10.0 Å². The van der Waals surface area contributed by atoms with Crippen molar-refractivity contribution in [2.24, 2.45) is 10.9 Å². The van der Waals surface area contributed by atoms with Gasteiger partial charge in [-0.2, -0.15) is 0 Å². The number of nitrogens with zero attached hydrogens (tertiary/aromatic N) is 3. The van der Waals surface area contributed by atoms with Crippen molar-refractivity contribution in [2.45, 2.75) is 19.3 Å². The van der Waals surface area contributed by atoms with Crippen LogP contribution in [0.2, 0.25) is 0 Å². The van der Waals surface area contributed by atoms with Gasteiger partial charge in [-0.25, -0.2) is 17.5 Å². The predicted molar refractivity (Wildman–Crippen MR) is 126 cm³/mol. The van der Waals surface area contributed by atoms with Crippen LogP contribution in [0, 0.1) is 11.7 Å². The topological polar surface area (TPSA) is 77.0 Å². The van der Waals surface area contributed by atoms with Crippen molar-refractivity contribution < 1.29 is 12.8 Å². The van der Waals surface area contributed by atoms with E-state index in [2.05, 4.69) is 19.9 Å². The van der Waals surface area contributed by atoms with Gasteiger partial charge in [0.15, 0.2) is 5.96 Å². The summed E-state index contributed by atoms with van der Waals surface area (Å²) < 4.78 is 40.9. The van der Waals surface area contributed by atoms with E-state index in [9.17, 15) is 12.8 Å². The fraction of sp³-hybridized carbons (Fsp3) is 0.632. The Labute approximate surface area is 190 Å². The highest BCUT2D eigenvalue weighted by atomic mass is 127. The zero-order valence-electron chi connectivity index (χ0n) is 16.8. The van der Waals surface area contributed by atoms with Gasteiger partial charge in [-0.3, -0.25) is 4.99 Å². The van der Waals surface area contributed by atoms with E-state index in [0.717, 1.165) is 12.8 Å². The van der Waals surface area contributed by atoms with Crippen LogP contribution in [0.25, 0.3) is 0 Å². The molecule has 0 radical (unpaired) electrons. The molecule has 1 aromatic carbocycles. The van der Waals surface area contributed by atoms with Crippen molar-refractivity contribution in [1.82, 2.24) is 14.9 Å². The highest BCUT2D eigenvalue weighted by molar-refractivity contribution is 14.0. The van der Waals surface area contributed by atoms with Crippen molar-refractivity contribution in [3.05, 3.63) is 30.1 Å². The summed E-state index contributed by atoms with van der Waals surface area (Å²) in [4.78, 5) is 8.36. The van der Waals surface area contributed by atoms with Crippen LogP contribution in [0.1, 0.15) is 19.3 Å². The van der Waals surface area contributed by atoms with E-state index in [1.54, 1.807) is 19.2 Å². The van der Waals surface area contributed by atoms with Gasteiger partial charge in [0.25, 0.3) is 0 Å². The van der Waals surface area contributed by atoms with Crippen LogP contribution >= 0.6 is 24.0 Å². The molecule has 0 spiro atoms. The maximum Gasteiger partial charge on any atom is 0.213 e. The first-order valence-electron chi connectivity index (χ1n) is 9.91. The van der Waals surface area contributed by atoms with Crippen molar-refractivity contribution in [3.8, 4) is 0 Å². The molecule has 7 nitrogen and oxygen atoms in total. The van der Waals surface area contributed by atoms with E-state index in [0.29, 0.717) is 56.8 Å². The molecular formula is C19H31FIN5O2S. The number of aliphatic imine (C=N–C) groups is 1. The standard InChI is InChI=1S/C19H30FN5O2S.HI/c1-21-19(22-9-14-28(26,27)23-15-16-5-4-6-16)25-12-10-24(11-13-25)18-8-3-2-7-17(18)20;/h2-3,7-8,16,23H,4-6,9-15H2,1H3,(H,21,22);1H. The summed E-state index contributed by atoms with van der Waals surface area (Å²) in [6.45, 7) is 3.61. The molecule has 1 saturated carbocycles. The summed E-state index contributed by atoms with van der Waals surface area (Å²) in [5.74, 6) is 0.996. The largest absolute Gasteiger partial charge is 0.366 e. The minimum Gasteiger partial charge on any atom is -0.366 e. The van der Waals surface area contributed by atoms with Crippen LogP contribution in [0.5, 0.6) is 0 Å². The molecule has 1 aliphatic heterocycles. The van der Waals surface area contributed by atoms with Gasteiger partial charge < -0.3 is 15.1 Å². The zero-order valence-corrected chi connectivity index (χ0v) is 20.0. The Kier molecular flexibility index (Phi) is 9.41. The summed E-state index contributed by atoms with van der Waals surface area (Å²) in [7, 11) is -1.58. The maximum absolute atomic E-state index is 14.0. The van der Waals surface area contributed by atoms with E-state index < -0.39 is 10.0 Å². The van der Waals surface area contributed by atoms with Crippen molar-refractivity contribution in [1.29, 1.82) is 0 Å². The lowest BCUT2D eigenvalue weighted by Gasteiger charge is -2.37. The predicted octanol–water partition coefficient (Wildman–Crippen LogP) is 1.86. The first kappa shape index (κ1) is 24.1. The third kappa shape index (κ3) is 6.95. The molecule has 0 unspecified atom stereocenters. The number of piperazine rings is 1. The van der Waals surface area contributed by atoms with Crippen LogP contribution in [0.4, 0.5) is 10.1 Å². The molecule has 164 valence electrons. The zero-order chi connectivity index (χ0) is 20.0. The number of benzene rings is 1. The molecule has 0 aromatic heterocycles. The van der Waals surface area contributed by atoms with Crippen LogP contribution < -0.4 is 14.9 Å². The number of rotatable bonds is 7. The lowest BCUT2D eigenvalue weighted by Crippen LogP contribution is -2.53. The maximum atomic E-state index is 14.0. The molecule has 1 aromatic rings. The average molecular weight is 539 g/mol. The molecular weight excluding hydrogens is 508 g/mol. The molecule has 3 rings (SSSR count). The molecule has 0 bridgehead atoms. The Hall–Kier alpha value is -1.14. The van der Waals surface area contributed by atoms with Gasteiger partial charge in [-0.15, -0.1) is 24.0 Å². The van der Waals surface area contributed by atoms with E-state index in [1.165, 1.54) is 12.5 Å².